The fraction of sp³-hybridized carbons (Fsp3) is 0.562. The van der Waals surface area contributed by atoms with Gasteiger partial charge in [-0.1, -0.05) is 6.07 Å². The van der Waals surface area contributed by atoms with Crippen molar-refractivity contribution in [3.8, 4) is 0 Å². The van der Waals surface area contributed by atoms with E-state index < -0.39 is 5.54 Å². The zero-order valence-corrected chi connectivity index (χ0v) is 14.8. The number of carbonyl (C=O) groups excluding carboxylic acids is 3. The summed E-state index contributed by atoms with van der Waals surface area (Å²) in [5.74, 6) is -0.229. The quantitative estimate of drug-likeness (QED) is 0.810. The summed E-state index contributed by atoms with van der Waals surface area (Å²) in [4.78, 5) is 40.1. The number of imide groups is 1. The average molecular weight is 337 g/mol. The molecule has 1 fully saturated rings. The summed E-state index contributed by atoms with van der Waals surface area (Å²) >= 11 is 1.62. The Labute approximate surface area is 140 Å². The maximum absolute atomic E-state index is 12.3. The van der Waals surface area contributed by atoms with Crippen LogP contribution in [-0.2, 0) is 9.59 Å². The van der Waals surface area contributed by atoms with E-state index in [-0.39, 0.29) is 30.4 Å². The van der Waals surface area contributed by atoms with Crippen molar-refractivity contribution in [2.75, 3.05) is 13.6 Å². The first-order chi connectivity index (χ1) is 10.7. The summed E-state index contributed by atoms with van der Waals surface area (Å²) in [5, 5.41) is 4.62. The predicted molar refractivity (Wildman–Crippen MR) is 89.1 cm³/mol. The molecule has 1 N–H and O–H groups in total. The minimum Gasteiger partial charge on any atom is -0.338 e. The van der Waals surface area contributed by atoms with Crippen molar-refractivity contribution < 1.29 is 14.4 Å². The van der Waals surface area contributed by atoms with Crippen molar-refractivity contribution in [2.24, 2.45) is 0 Å². The van der Waals surface area contributed by atoms with Gasteiger partial charge < -0.3 is 10.2 Å². The normalized spacial score (nSPS) is 18.0. The molecule has 126 valence electrons. The summed E-state index contributed by atoms with van der Waals surface area (Å²) < 4.78 is 0. The zero-order chi connectivity index (χ0) is 17.2. The molecule has 1 aliphatic heterocycles. The van der Waals surface area contributed by atoms with E-state index in [9.17, 15) is 14.4 Å². The van der Waals surface area contributed by atoms with Crippen LogP contribution < -0.4 is 5.32 Å². The smallest absolute Gasteiger partial charge is 0.325 e. The highest BCUT2D eigenvalue weighted by atomic mass is 32.1. The van der Waals surface area contributed by atoms with E-state index in [4.69, 9.17) is 0 Å². The molecule has 4 amide bonds. The Hall–Kier alpha value is -1.89. The largest absolute Gasteiger partial charge is 0.338 e. The number of thiophene rings is 1. The molecule has 2 heterocycles. The molecule has 1 unspecified atom stereocenters. The number of hydrogen-bond acceptors (Lipinski definition) is 4. The summed E-state index contributed by atoms with van der Waals surface area (Å²) in [5.41, 5.74) is -0.856. The summed E-state index contributed by atoms with van der Waals surface area (Å²) in [7, 11) is 1.78. The lowest BCUT2D eigenvalue weighted by atomic mass is 10.1. The van der Waals surface area contributed by atoms with Gasteiger partial charge in [-0.25, -0.2) is 4.79 Å². The minimum atomic E-state index is -0.856. The molecule has 1 aromatic rings. The number of hydrogen-bond donors (Lipinski definition) is 1. The summed E-state index contributed by atoms with van der Waals surface area (Å²) in [6, 6.07) is 3.62. The second-order valence-corrected chi connectivity index (χ2v) is 7.29. The topological polar surface area (TPSA) is 69.7 Å². The first-order valence-corrected chi connectivity index (χ1v) is 8.55. The van der Waals surface area contributed by atoms with Gasteiger partial charge in [0.05, 0.1) is 6.04 Å². The monoisotopic (exact) mass is 337 g/mol. The third kappa shape index (κ3) is 3.72. The molecule has 0 spiro atoms. The van der Waals surface area contributed by atoms with Crippen molar-refractivity contribution in [3.63, 3.8) is 0 Å². The van der Waals surface area contributed by atoms with Crippen LogP contribution in [-0.4, -0.2) is 46.8 Å². The van der Waals surface area contributed by atoms with E-state index in [2.05, 4.69) is 5.32 Å². The van der Waals surface area contributed by atoms with Crippen LogP contribution in [0.2, 0.25) is 0 Å². The molecule has 0 bridgehead atoms. The van der Waals surface area contributed by atoms with E-state index in [1.165, 1.54) is 4.90 Å². The molecule has 1 aromatic heterocycles. The van der Waals surface area contributed by atoms with Crippen molar-refractivity contribution in [3.05, 3.63) is 22.4 Å². The molecule has 1 saturated heterocycles. The van der Waals surface area contributed by atoms with Crippen LogP contribution in [0.1, 0.15) is 44.5 Å². The molecule has 7 heteroatoms. The zero-order valence-electron chi connectivity index (χ0n) is 14.0. The molecule has 1 atom stereocenters. The lowest BCUT2D eigenvalue weighted by Crippen LogP contribution is -2.40. The van der Waals surface area contributed by atoms with Crippen LogP contribution in [0.4, 0.5) is 4.79 Å². The first kappa shape index (κ1) is 17.5. The fourth-order valence-electron chi connectivity index (χ4n) is 2.52. The van der Waals surface area contributed by atoms with Crippen molar-refractivity contribution in [1.29, 1.82) is 0 Å². The fourth-order valence-corrected chi connectivity index (χ4v) is 3.35. The van der Waals surface area contributed by atoms with Crippen LogP contribution in [0.25, 0.3) is 0 Å². The Bertz CT molecular complexity index is 598. The third-order valence-electron chi connectivity index (χ3n) is 4.15. The SMILES string of the molecule is CC(c1cccs1)N(C)C(=O)CCCN1C(=O)NC(C)(C)C1=O. The van der Waals surface area contributed by atoms with Gasteiger partial charge in [0.1, 0.15) is 5.54 Å². The van der Waals surface area contributed by atoms with Crippen molar-refractivity contribution in [1.82, 2.24) is 15.1 Å². The summed E-state index contributed by atoms with van der Waals surface area (Å²) in [6.45, 7) is 5.61. The Morgan fingerprint density at radius 3 is 2.65 bits per heavy atom. The van der Waals surface area contributed by atoms with E-state index in [1.54, 1.807) is 37.1 Å². The predicted octanol–water partition coefficient (Wildman–Crippen LogP) is 2.38. The van der Waals surface area contributed by atoms with Crippen molar-refractivity contribution >= 4 is 29.2 Å². The highest BCUT2D eigenvalue weighted by Gasteiger charge is 2.43. The summed E-state index contributed by atoms with van der Waals surface area (Å²) in [6.07, 6.45) is 0.777. The molecule has 1 aliphatic rings. The average Bonchev–Trinajstić information content (AvgIpc) is 3.08. The molecule has 0 aromatic carbocycles. The van der Waals surface area contributed by atoms with Gasteiger partial charge in [0.15, 0.2) is 0 Å². The van der Waals surface area contributed by atoms with E-state index in [1.807, 2.05) is 24.4 Å². The number of carbonyl (C=O) groups is 3. The molecular weight excluding hydrogens is 314 g/mol. The van der Waals surface area contributed by atoms with Crippen molar-refractivity contribution in [2.45, 2.75) is 45.2 Å². The van der Waals surface area contributed by atoms with Gasteiger partial charge >= 0.3 is 6.03 Å². The van der Waals surface area contributed by atoms with Gasteiger partial charge in [0.25, 0.3) is 5.91 Å². The number of urea groups is 1. The van der Waals surface area contributed by atoms with Gasteiger partial charge in [0, 0.05) is 24.9 Å². The lowest BCUT2D eigenvalue weighted by molar-refractivity contribution is -0.133. The number of amides is 4. The van der Waals surface area contributed by atoms with Crippen LogP contribution in [0.15, 0.2) is 17.5 Å². The number of nitrogens with zero attached hydrogens (tertiary/aromatic N) is 2. The maximum Gasteiger partial charge on any atom is 0.325 e. The van der Waals surface area contributed by atoms with Crippen LogP contribution in [0.5, 0.6) is 0 Å². The van der Waals surface area contributed by atoms with Crippen LogP contribution in [0.3, 0.4) is 0 Å². The second kappa shape index (κ2) is 6.70. The highest BCUT2D eigenvalue weighted by molar-refractivity contribution is 7.10. The van der Waals surface area contributed by atoms with E-state index in [0.717, 1.165) is 4.88 Å². The van der Waals surface area contributed by atoms with Crippen LogP contribution >= 0.6 is 11.3 Å². The molecule has 0 aliphatic carbocycles. The molecule has 23 heavy (non-hydrogen) atoms. The first-order valence-electron chi connectivity index (χ1n) is 7.67. The van der Waals surface area contributed by atoms with Gasteiger partial charge in [0.2, 0.25) is 5.91 Å². The molecule has 0 radical (unpaired) electrons. The van der Waals surface area contributed by atoms with Gasteiger partial charge in [-0.2, -0.15) is 0 Å². The Kier molecular flexibility index (Phi) is 5.09. The molecule has 6 nitrogen and oxygen atoms in total. The highest BCUT2D eigenvalue weighted by Crippen LogP contribution is 2.24. The molecule has 2 rings (SSSR count). The second-order valence-electron chi connectivity index (χ2n) is 6.31. The Morgan fingerprint density at radius 2 is 2.13 bits per heavy atom. The van der Waals surface area contributed by atoms with E-state index >= 15 is 0 Å². The molecular formula is C16H23N3O3S. The minimum absolute atomic E-state index is 0.0113. The standard InChI is InChI=1S/C16H23N3O3S/c1-11(12-7-6-10-23-12)18(4)13(20)8-5-9-19-14(21)16(2,3)17-15(19)22/h6-7,10-11H,5,8-9H2,1-4H3,(H,17,22). The van der Waals surface area contributed by atoms with E-state index in [0.29, 0.717) is 12.8 Å². The Morgan fingerprint density at radius 1 is 1.43 bits per heavy atom. The third-order valence-corrected chi connectivity index (χ3v) is 5.19. The van der Waals surface area contributed by atoms with Gasteiger partial charge in [-0.15, -0.1) is 11.3 Å². The lowest BCUT2D eigenvalue weighted by Gasteiger charge is -2.24. The number of nitrogens with one attached hydrogen (secondary N) is 1. The maximum atomic E-state index is 12.3. The van der Waals surface area contributed by atoms with Gasteiger partial charge in [-0.05, 0) is 38.6 Å². The Balaban J connectivity index is 1.83. The van der Waals surface area contributed by atoms with Gasteiger partial charge in [-0.3, -0.25) is 14.5 Å². The number of rotatable bonds is 6. The van der Waals surface area contributed by atoms with Crippen LogP contribution in [0, 0.1) is 0 Å². The molecule has 0 saturated carbocycles.